The van der Waals surface area contributed by atoms with Gasteiger partial charge in [0, 0.05) is 50.0 Å². The van der Waals surface area contributed by atoms with Gasteiger partial charge in [-0.2, -0.15) is 0 Å². The Labute approximate surface area is 390 Å². The highest BCUT2D eigenvalue weighted by Gasteiger charge is 2.22. The second-order valence-corrected chi connectivity index (χ2v) is 17.6. The third-order valence-corrected chi connectivity index (χ3v) is 13.6. The number of aromatic nitrogens is 4. The van der Waals surface area contributed by atoms with E-state index < -0.39 is 0 Å². The van der Waals surface area contributed by atoms with Gasteiger partial charge in [-0.05, 0) is 103 Å². The molecule has 5 heteroatoms. The summed E-state index contributed by atoms with van der Waals surface area (Å²) >= 11 is 0. The van der Waals surface area contributed by atoms with Gasteiger partial charge in [-0.3, -0.25) is 0 Å². The summed E-state index contributed by atoms with van der Waals surface area (Å²) in [7, 11) is 0. The number of hydrogen-bond acceptors (Lipinski definition) is 4. The second kappa shape index (κ2) is 15.2. The number of rotatable bonds is 6. The lowest BCUT2D eigenvalue weighted by Crippen LogP contribution is -2.00. The minimum atomic E-state index is 0.584. The SMILES string of the molecule is c1ccc(-c2ccc3c(c2)c2c4ccccc4c(-c4ccccc4)cc2n3-c2ccc3c(c2)oc2cccc(-c4nc(-c5ccc6ccccc6c5)nc(-c5ccc6ccccc6c5)n4)c23)cc1. The van der Waals surface area contributed by atoms with Gasteiger partial charge in [0.1, 0.15) is 11.2 Å². The topological polar surface area (TPSA) is 56.7 Å². The largest absolute Gasteiger partial charge is 0.456 e. The van der Waals surface area contributed by atoms with Crippen molar-refractivity contribution >= 4 is 76.1 Å². The number of hydrogen-bond donors (Lipinski definition) is 0. The maximum absolute atomic E-state index is 6.86. The maximum Gasteiger partial charge on any atom is 0.164 e. The molecular formula is C63H38N4O. The smallest absolute Gasteiger partial charge is 0.164 e. The quantitative estimate of drug-likeness (QED) is 0.167. The maximum atomic E-state index is 6.86. The first kappa shape index (κ1) is 38.1. The lowest BCUT2D eigenvalue weighted by atomic mass is 9.94. The van der Waals surface area contributed by atoms with E-state index in [2.05, 4.69) is 223 Å². The van der Waals surface area contributed by atoms with Crippen LogP contribution in [0.3, 0.4) is 0 Å². The van der Waals surface area contributed by atoms with Crippen LogP contribution in [-0.4, -0.2) is 19.5 Å². The molecule has 68 heavy (non-hydrogen) atoms. The van der Waals surface area contributed by atoms with E-state index in [9.17, 15) is 0 Å². The zero-order valence-corrected chi connectivity index (χ0v) is 36.6. The zero-order chi connectivity index (χ0) is 44.7. The van der Waals surface area contributed by atoms with Crippen molar-refractivity contribution in [3.63, 3.8) is 0 Å². The number of fused-ring (bicyclic) bond motifs is 10. The summed E-state index contributed by atoms with van der Waals surface area (Å²) < 4.78 is 9.27. The van der Waals surface area contributed by atoms with E-state index in [0.29, 0.717) is 17.5 Å². The van der Waals surface area contributed by atoms with Gasteiger partial charge < -0.3 is 8.98 Å². The molecule has 0 N–H and O–H groups in total. The minimum absolute atomic E-state index is 0.584. The van der Waals surface area contributed by atoms with E-state index in [4.69, 9.17) is 19.4 Å². The first-order valence-corrected chi connectivity index (χ1v) is 23.0. The van der Waals surface area contributed by atoms with Crippen molar-refractivity contribution in [3.8, 4) is 62.1 Å². The first-order valence-electron chi connectivity index (χ1n) is 23.0. The standard InChI is InChI=1S/C63H38N4O/c1-3-14-39(15-4-1)45-30-33-55-54(36-45)59-50-23-12-11-22-49(50)53(42-18-5-2-6-19-42)38-56(59)67(55)48-31-32-51-58(37-48)68-57-25-13-24-52(60(51)57)63-65-61(46-28-26-40-16-7-9-20-43(40)34-46)64-62(66-63)47-29-27-41-17-8-10-21-44(41)35-47/h1-38H. The highest BCUT2D eigenvalue weighted by molar-refractivity contribution is 6.25. The average Bonchev–Trinajstić information content (AvgIpc) is 3.96. The van der Waals surface area contributed by atoms with Crippen LogP contribution in [0.15, 0.2) is 235 Å². The van der Waals surface area contributed by atoms with Gasteiger partial charge in [-0.25, -0.2) is 15.0 Å². The molecule has 0 spiro atoms. The Kier molecular flexibility index (Phi) is 8.52. The van der Waals surface area contributed by atoms with Crippen molar-refractivity contribution in [2.75, 3.05) is 0 Å². The van der Waals surface area contributed by atoms with Gasteiger partial charge in [0.2, 0.25) is 0 Å². The molecule has 0 saturated heterocycles. The minimum Gasteiger partial charge on any atom is -0.456 e. The van der Waals surface area contributed by atoms with Crippen molar-refractivity contribution in [1.29, 1.82) is 0 Å². The van der Waals surface area contributed by atoms with Gasteiger partial charge in [-0.1, -0.05) is 176 Å². The van der Waals surface area contributed by atoms with Gasteiger partial charge >= 0.3 is 0 Å². The monoisotopic (exact) mass is 866 g/mol. The fourth-order valence-electron chi connectivity index (χ4n) is 10.4. The molecule has 0 radical (unpaired) electrons. The molecule has 0 atom stereocenters. The lowest BCUT2D eigenvalue weighted by Gasteiger charge is -2.12. The summed E-state index contributed by atoms with van der Waals surface area (Å²) in [6.45, 7) is 0. The van der Waals surface area contributed by atoms with E-state index in [1.807, 2.05) is 12.1 Å². The van der Waals surface area contributed by atoms with E-state index >= 15 is 0 Å². The molecule has 0 saturated carbocycles. The molecule has 0 fully saturated rings. The van der Waals surface area contributed by atoms with E-state index in [-0.39, 0.29) is 0 Å². The number of furan rings is 1. The van der Waals surface area contributed by atoms with Crippen LogP contribution < -0.4 is 0 Å². The Hall–Kier alpha value is -9.19. The highest BCUT2D eigenvalue weighted by Crippen LogP contribution is 2.44. The molecular weight excluding hydrogens is 829 g/mol. The van der Waals surface area contributed by atoms with E-state index in [1.54, 1.807) is 0 Å². The van der Waals surface area contributed by atoms with Gasteiger partial charge in [0.05, 0.1) is 11.0 Å². The molecule has 0 bridgehead atoms. The van der Waals surface area contributed by atoms with E-state index in [0.717, 1.165) is 76.9 Å². The average molecular weight is 867 g/mol. The normalized spacial score (nSPS) is 11.8. The summed E-state index contributed by atoms with van der Waals surface area (Å²) in [5.41, 5.74) is 12.3. The van der Waals surface area contributed by atoms with Crippen LogP contribution in [0.4, 0.5) is 0 Å². The fraction of sp³-hybridized carbons (Fsp3) is 0. The molecule has 0 aliphatic heterocycles. The van der Waals surface area contributed by atoms with Crippen LogP contribution in [0.1, 0.15) is 0 Å². The molecule has 3 aromatic heterocycles. The van der Waals surface area contributed by atoms with Crippen molar-refractivity contribution in [2.24, 2.45) is 0 Å². The van der Waals surface area contributed by atoms with Crippen LogP contribution in [0.2, 0.25) is 0 Å². The number of nitrogens with zero attached hydrogens (tertiary/aromatic N) is 4. The van der Waals surface area contributed by atoms with Crippen LogP contribution in [-0.2, 0) is 0 Å². The van der Waals surface area contributed by atoms with Crippen LogP contribution in [0.5, 0.6) is 0 Å². The predicted octanol–water partition coefficient (Wildman–Crippen LogP) is 16.7. The molecule has 316 valence electrons. The molecule has 14 rings (SSSR count). The highest BCUT2D eigenvalue weighted by atomic mass is 16.3. The lowest BCUT2D eigenvalue weighted by molar-refractivity contribution is 0.668. The van der Waals surface area contributed by atoms with Crippen LogP contribution in [0, 0.1) is 0 Å². The van der Waals surface area contributed by atoms with Crippen molar-refractivity contribution < 1.29 is 4.42 Å². The van der Waals surface area contributed by atoms with Gasteiger partial charge in [-0.15, -0.1) is 0 Å². The molecule has 0 aliphatic carbocycles. The second-order valence-electron chi connectivity index (χ2n) is 17.6. The molecule has 0 amide bonds. The first-order chi connectivity index (χ1) is 33.7. The van der Waals surface area contributed by atoms with Gasteiger partial charge in [0.25, 0.3) is 0 Å². The Morgan fingerprint density at radius 3 is 1.60 bits per heavy atom. The third-order valence-electron chi connectivity index (χ3n) is 13.6. The Bertz CT molecular complexity index is 4220. The molecule has 0 aliphatic rings. The summed E-state index contributed by atoms with van der Waals surface area (Å²) in [6.07, 6.45) is 0. The van der Waals surface area contributed by atoms with Crippen LogP contribution >= 0.6 is 0 Å². The Morgan fingerprint density at radius 2 is 0.897 bits per heavy atom. The molecule has 3 heterocycles. The molecule has 11 aromatic carbocycles. The fourth-order valence-corrected chi connectivity index (χ4v) is 10.4. The van der Waals surface area contributed by atoms with E-state index in [1.165, 1.54) is 43.8 Å². The third kappa shape index (κ3) is 6.14. The summed E-state index contributed by atoms with van der Waals surface area (Å²) in [5, 5.41) is 11.4. The summed E-state index contributed by atoms with van der Waals surface area (Å²) in [6, 6.07) is 81.8. The van der Waals surface area contributed by atoms with Crippen molar-refractivity contribution in [3.05, 3.63) is 231 Å². The Balaban J connectivity index is 0.984. The predicted molar refractivity (Wildman–Crippen MR) is 281 cm³/mol. The number of benzene rings is 11. The molecule has 14 aromatic rings. The van der Waals surface area contributed by atoms with Crippen LogP contribution in [0.25, 0.3) is 138 Å². The van der Waals surface area contributed by atoms with Crippen molar-refractivity contribution in [1.82, 2.24) is 19.5 Å². The summed E-state index contributed by atoms with van der Waals surface area (Å²) in [5.74, 6) is 1.81. The molecule has 0 unspecified atom stereocenters. The summed E-state index contributed by atoms with van der Waals surface area (Å²) in [4.78, 5) is 15.7. The van der Waals surface area contributed by atoms with Crippen molar-refractivity contribution in [2.45, 2.75) is 0 Å². The molecule has 5 nitrogen and oxygen atoms in total. The van der Waals surface area contributed by atoms with Gasteiger partial charge in [0.15, 0.2) is 17.5 Å². The Morgan fingerprint density at radius 1 is 0.294 bits per heavy atom. The zero-order valence-electron chi connectivity index (χ0n) is 36.6.